The van der Waals surface area contributed by atoms with E-state index in [4.69, 9.17) is 5.73 Å². The number of nitrogens with two attached hydrogens (primary N) is 1. The number of aryl methyl sites for hydroxylation is 1. The van der Waals surface area contributed by atoms with Crippen molar-refractivity contribution in [1.82, 2.24) is 25.1 Å². The first-order valence-electron chi connectivity index (χ1n) is 6.88. The molecule has 0 unspecified atom stereocenters. The van der Waals surface area contributed by atoms with Gasteiger partial charge in [0.25, 0.3) is 0 Å². The second kappa shape index (κ2) is 5.75. The van der Waals surface area contributed by atoms with Crippen LogP contribution in [0.25, 0.3) is 0 Å². The Morgan fingerprint density at radius 2 is 2.11 bits per heavy atom. The van der Waals surface area contributed by atoms with E-state index in [1.165, 1.54) is 30.5 Å². The Hall–Kier alpha value is -1.01. The Kier molecular flexibility index (Phi) is 4.29. The van der Waals surface area contributed by atoms with Crippen LogP contribution in [0.3, 0.4) is 0 Å². The molecule has 6 heteroatoms. The van der Waals surface area contributed by atoms with Crippen LogP contribution in [-0.4, -0.2) is 43.7 Å². The number of hydrogen-bond donors (Lipinski definition) is 1. The molecule has 2 N–H and O–H groups in total. The van der Waals surface area contributed by atoms with Crippen molar-refractivity contribution < 1.29 is 0 Å². The highest BCUT2D eigenvalue weighted by Crippen LogP contribution is 2.35. The quantitative estimate of drug-likeness (QED) is 0.806. The maximum absolute atomic E-state index is 6.06. The van der Waals surface area contributed by atoms with E-state index in [-0.39, 0.29) is 5.54 Å². The van der Waals surface area contributed by atoms with Crippen molar-refractivity contribution in [3.8, 4) is 0 Å². The molecule has 1 heterocycles. The molecule has 0 saturated heterocycles. The average Bonchev–Trinajstić information content (AvgIpc) is 2.98. The molecular weight excluding hydrogens is 228 g/mol. The molecule has 0 spiro atoms. The lowest BCUT2D eigenvalue weighted by Gasteiger charge is -2.40. The summed E-state index contributed by atoms with van der Waals surface area (Å²) in [5.74, 6) is 0.797. The molecule has 0 aliphatic heterocycles. The molecule has 2 rings (SSSR count). The van der Waals surface area contributed by atoms with E-state index in [2.05, 4.69) is 27.2 Å². The van der Waals surface area contributed by atoms with Crippen LogP contribution >= 0.6 is 0 Å². The standard InChI is InChI=1S/C12H24N6/c1-3-8-18(9-11-14-16-17(2)15-11)12(10-13)6-4-5-7-12/h3-10,13H2,1-2H3. The smallest absolute Gasteiger partial charge is 0.188 e. The lowest BCUT2D eigenvalue weighted by molar-refractivity contribution is 0.0873. The SMILES string of the molecule is CCCN(Cc1nnn(C)n1)C1(CN)CCCC1. The Labute approximate surface area is 109 Å². The van der Waals surface area contributed by atoms with E-state index in [0.29, 0.717) is 0 Å². The summed E-state index contributed by atoms with van der Waals surface area (Å²) in [5.41, 5.74) is 6.22. The molecule has 1 fully saturated rings. The van der Waals surface area contributed by atoms with Crippen molar-refractivity contribution in [2.75, 3.05) is 13.1 Å². The molecule has 1 aromatic heterocycles. The van der Waals surface area contributed by atoms with Gasteiger partial charge in [0.1, 0.15) is 0 Å². The minimum Gasteiger partial charge on any atom is -0.329 e. The summed E-state index contributed by atoms with van der Waals surface area (Å²) >= 11 is 0. The molecule has 1 aromatic rings. The zero-order chi connectivity index (χ0) is 13.0. The van der Waals surface area contributed by atoms with E-state index in [9.17, 15) is 0 Å². The van der Waals surface area contributed by atoms with Gasteiger partial charge in [0.2, 0.25) is 0 Å². The maximum Gasteiger partial charge on any atom is 0.188 e. The highest BCUT2D eigenvalue weighted by atomic mass is 15.6. The number of tetrazole rings is 1. The molecule has 0 atom stereocenters. The van der Waals surface area contributed by atoms with Gasteiger partial charge in [-0.1, -0.05) is 19.8 Å². The van der Waals surface area contributed by atoms with E-state index >= 15 is 0 Å². The second-order valence-electron chi connectivity index (χ2n) is 5.25. The van der Waals surface area contributed by atoms with Crippen LogP contribution in [0.4, 0.5) is 0 Å². The summed E-state index contributed by atoms with van der Waals surface area (Å²) in [7, 11) is 1.80. The summed E-state index contributed by atoms with van der Waals surface area (Å²) in [4.78, 5) is 3.99. The van der Waals surface area contributed by atoms with Gasteiger partial charge in [-0.15, -0.1) is 10.2 Å². The van der Waals surface area contributed by atoms with Crippen LogP contribution in [0.1, 0.15) is 44.9 Å². The van der Waals surface area contributed by atoms with Crippen molar-refractivity contribution in [2.45, 2.75) is 51.1 Å². The maximum atomic E-state index is 6.06. The van der Waals surface area contributed by atoms with Crippen molar-refractivity contribution in [3.05, 3.63) is 5.82 Å². The van der Waals surface area contributed by atoms with Crippen LogP contribution in [0, 0.1) is 0 Å². The monoisotopic (exact) mass is 252 g/mol. The first-order chi connectivity index (χ1) is 8.70. The van der Waals surface area contributed by atoms with Gasteiger partial charge in [-0.2, -0.15) is 4.80 Å². The lowest BCUT2D eigenvalue weighted by atomic mass is 9.94. The topological polar surface area (TPSA) is 72.9 Å². The fraction of sp³-hybridized carbons (Fsp3) is 0.917. The van der Waals surface area contributed by atoms with Crippen LogP contribution in [0.2, 0.25) is 0 Å². The Morgan fingerprint density at radius 3 is 2.61 bits per heavy atom. The lowest BCUT2D eigenvalue weighted by Crippen LogP contribution is -2.52. The Balaban J connectivity index is 2.11. The Morgan fingerprint density at radius 1 is 1.39 bits per heavy atom. The predicted octanol–water partition coefficient (Wildman–Crippen LogP) is 0.694. The highest BCUT2D eigenvalue weighted by molar-refractivity contribution is 4.97. The largest absolute Gasteiger partial charge is 0.329 e. The molecule has 0 amide bonds. The van der Waals surface area contributed by atoms with Crippen molar-refractivity contribution in [2.24, 2.45) is 12.8 Å². The van der Waals surface area contributed by atoms with Gasteiger partial charge in [0.05, 0.1) is 13.6 Å². The van der Waals surface area contributed by atoms with Crippen LogP contribution in [0.15, 0.2) is 0 Å². The minimum absolute atomic E-state index is 0.162. The zero-order valence-electron chi connectivity index (χ0n) is 11.5. The van der Waals surface area contributed by atoms with Crippen LogP contribution in [0.5, 0.6) is 0 Å². The summed E-state index contributed by atoms with van der Waals surface area (Å²) in [6, 6.07) is 0. The molecule has 1 aliphatic rings. The minimum atomic E-state index is 0.162. The van der Waals surface area contributed by atoms with Gasteiger partial charge in [-0.05, 0) is 31.0 Å². The summed E-state index contributed by atoms with van der Waals surface area (Å²) < 4.78 is 0. The van der Waals surface area contributed by atoms with E-state index in [0.717, 1.165) is 31.9 Å². The van der Waals surface area contributed by atoms with Gasteiger partial charge in [0, 0.05) is 12.1 Å². The van der Waals surface area contributed by atoms with Crippen molar-refractivity contribution >= 4 is 0 Å². The van der Waals surface area contributed by atoms with E-state index in [1.54, 1.807) is 7.05 Å². The number of rotatable bonds is 6. The van der Waals surface area contributed by atoms with Gasteiger partial charge >= 0.3 is 0 Å². The van der Waals surface area contributed by atoms with Crippen molar-refractivity contribution in [1.29, 1.82) is 0 Å². The Bertz CT molecular complexity index is 368. The molecule has 6 nitrogen and oxygen atoms in total. The number of nitrogens with zero attached hydrogens (tertiary/aromatic N) is 5. The number of hydrogen-bond acceptors (Lipinski definition) is 5. The molecule has 18 heavy (non-hydrogen) atoms. The first-order valence-corrected chi connectivity index (χ1v) is 6.88. The second-order valence-corrected chi connectivity index (χ2v) is 5.25. The third kappa shape index (κ3) is 2.70. The first kappa shape index (κ1) is 13.4. The summed E-state index contributed by atoms with van der Waals surface area (Å²) in [6.45, 7) is 4.75. The molecule has 1 aliphatic carbocycles. The van der Waals surface area contributed by atoms with Gasteiger partial charge in [-0.25, -0.2) is 0 Å². The molecule has 102 valence electrons. The zero-order valence-corrected chi connectivity index (χ0v) is 11.5. The van der Waals surface area contributed by atoms with Crippen molar-refractivity contribution in [3.63, 3.8) is 0 Å². The summed E-state index contributed by atoms with van der Waals surface area (Å²) in [5, 5.41) is 12.3. The third-order valence-electron chi connectivity index (χ3n) is 3.96. The van der Waals surface area contributed by atoms with Crippen LogP contribution < -0.4 is 5.73 Å². The molecule has 0 bridgehead atoms. The van der Waals surface area contributed by atoms with Gasteiger partial charge in [-0.3, -0.25) is 4.90 Å². The third-order valence-corrected chi connectivity index (χ3v) is 3.96. The molecule has 0 aromatic carbocycles. The normalized spacial score (nSPS) is 18.7. The molecule has 1 saturated carbocycles. The van der Waals surface area contributed by atoms with E-state index in [1.807, 2.05) is 0 Å². The molecule has 0 radical (unpaired) electrons. The van der Waals surface area contributed by atoms with Gasteiger partial charge in [0.15, 0.2) is 5.82 Å². The van der Waals surface area contributed by atoms with Crippen LogP contribution in [-0.2, 0) is 13.6 Å². The summed E-state index contributed by atoms with van der Waals surface area (Å²) in [6.07, 6.45) is 6.09. The fourth-order valence-corrected chi connectivity index (χ4v) is 2.99. The highest BCUT2D eigenvalue weighted by Gasteiger charge is 2.38. The predicted molar refractivity (Wildman–Crippen MR) is 69.8 cm³/mol. The fourth-order valence-electron chi connectivity index (χ4n) is 2.99. The molecular formula is C12H24N6. The van der Waals surface area contributed by atoms with Gasteiger partial charge < -0.3 is 5.73 Å². The van der Waals surface area contributed by atoms with E-state index < -0.39 is 0 Å². The number of aromatic nitrogens is 4. The average molecular weight is 252 g/mol.